The zero-order valence-electron chi connectivity index (χ0n) is 15.3. The van der Waals surface area contributed by atoms with Crippen LogP contribution in [0.1, 0.15) is 64.7 Å². The van der Waals surface area contributed by atoms with Gasteiger partial charge in [-0.25, -0.2) is 0 Å². The highest BCUT2D eigenvalue weighted by molar-refractivity contribution is 6.30. The fourth-order valence-electron chi connectivity index (χ4n) is 6.62. The van der Waals surface area contributed by atoms with E-state index in [1.807, 2.05) is 4.90 Å². The molecule has 4 nitrogen and oxygen atoms in total. The third-order valence-electron chi connectivity index (χ3n) is 7.21. The van der Waals surface area contributed by atoms with Crippen LogP contribution in [0.2, 0.25) is 0 Å². The highest BCUT2D eigenvalue weighted by Gasteiger charge is 2.51. The number of rotatable bonds is 4. The second kappa shape index (κ2) is 6.75. The van der Waals surface area contributed by atoms with Gasteiger partial charge in [-0.1, -0.05) is 0 Å². The Balaban J connectivity index is 1.27. The molecule has 5 fully saturated rings. The number of hydrogen-bond acceptors (Lipinski definition) is 2. The Kier molecular flexibility index (Phi) is 4.76. The van der Waals surface area contributed by atoms with Gasteiger partial charge < -0.3 is 10.2 Å². The fourth-order valence-corrected chi connectivity index (χ4v) is 6.76. The van der Waals surface area contributed by atoms with Crippen LogP contribution in [0.25, 0.3) is 0 Å². The molecule has 5 rings (SSSR count). The Hall–Kier alpha value is -0.770. The smallest absolute Gasteiger partial charge is 0.240 e. The van der Waals surface area contributed by atoms with Crippen molar-refractivity contribution in [1.29, 1.82) is 0 Å². The average molecular weight is 367 g/mol. The van der Waals surface area contributed by atoms with E-state index in [1.165, 1.54) is 38.5 Å². The van der Waals surface area contributed by atoms with Crippen molar-refractivity contribution >= 4 is 23.4 Å². The summed E-state index contributed by atoms with van der Waals surface area (Å²) < 4.78 is 0. The maximum atomic E-state index is 12.7. The van der Waals surface area contributed by atoms with Crippen LogP contribution in [0.5, 0.6) is 0 Å². The molecule has 1 heterocycles. The molecule has 5 aliphatic rings. The van der Waals surface area contributed by atoms with E-state index in [1.54, 1.807) is 6.92 Å². The van der Waals surface area contributed by atoms with Crippen molar-refractivity contribution < 1.29 is 9.59 Å². The van der Waals surface area contributed by atoms with Crippen molar-refractivity contribution in [2.24, 2.45) is 23.2 Å². The molecule has 0 spiro atoms. The van der Waals surface area contributed by atoms with E-state index >= 15 is 0 Å². The van der Waals surface area contributed by atoms with E-state index in [0.29, 0.717) is 18.5 Å². The summed E-state index contributed by atoms with van der Waals surface area (Å²) in [6.45, 7) is 3.14. The van der Waals surface area contributed by atoms with E-state index in [9.17, 15) is 9.59 Å². The molecule has 0 aromatic heterocycles. The Morgan fingerprint density at radius 3 is 2.08 bits per heavy atom. The largest absolute Gasteiger partial charge is 0.353 e. The number of nitrogens with zero attached hydrogens (tertiary/aromatic N) is 1. The minimum Gasteiger partial charge on any atom is -0.353 e. The van der Waals surface area contributed by atoms with Crippen LogP contribution in [0.4, 0.5) is 0 Å². The number of piperidine rings is 1. The van der Waals surface area contributed by atoms with E-state index < -0.39 is 5.38 Å². The lowest BCUT2D eigenvalue weighted by atomic mass is 9.49. The number of carbonyl (C=O) groups is 2. The Morgan fingerprint density at radius 2 is 1.60 bits per heavy atom. The molecular formula is C20H31ClN2O2. The normalized spacial score (nSPS) is 38.6. The molecule has 0 radical (unpaired) electrons. The van der Waals surface area contributed by atoms with Crippen LogP contribution in [0.3, 0.4) is 0 Å². The van der Waals surface area contributed by atoms with Crippen molar-refractivity contribution in [1.82, 2.24) is 10.2 Å². The molecule has 1 N–H and O–H groups in total. The molecule has 1 atom stereocenters. The highest BCUT2D eigenvalue weighted by atomic mass is 35.5. The molecule has 5 heteroatoms. The molecule has 4 saturated carbocycles. The molecular weight excluding hydrogens is 336 g/mol. The van der Waals surface area contributed by atoms with Crippen LogP contribution in [-0.4, -0.2) is 41.2 Å². The van der Waals surface area contributed by atoms with Gasteiger partial charge in [-0.05, 0) is 81.5 Å². The lowest BCUT2D eigenvalue weighted by Crippen LogP contribution is -2.51. The van der Waals surface area contributed by atoms with Crippen LogP contribution >= 0.6 is 11.6 Å². The topological polar surface area (TPSA) is 49.4 Å². The second-order valence-corrected chi connectivity index (χ2v) is 10.0. The predicted molar refractivity (Wildman–Crippen MR) is 98.3 cm³/mol. The number of amides is 2. The summed E-state index contributed by atoms with van der Waals surface area (Å²) in [6.07, 6.45) is 10.6. The van der Waals surface area contributed by atoms with E-state index in [4.69, 9.17) is 11.6 Å². The van der Waals surface area contributed by atoms with Crippen LogP contribution in [0.15, 0.2) is 0 Å². The van der Waals surface area contributed by atoms with Crippen molar-refractivity contribution in [3.63, 3.8) is 0 Å². The maximum Gasteiger partial charge on any atom is 0.240 e. The zero-order chi connectivity index (χ0) is 17.6. The zero-order valence-corrected chi connectivity index (χ0v) is 16.1. The lowest BCUT2D eigenvalue weighted by molar-refractivity contribution is -0.132. The molecule has 1 aliphatic heterocycles. The summed E-state index contributed by atoms with van der Waals surface area (Å²) in [6, 6.07) is 0.219. The van der Waals surface area contributed by atoms with Gasteiger partial charge in [0.15, 0.2) is 0 Å². The van der Waals surface area contributed by atoms with E-state index in [-0.39, 0.29) is 17.9 Å². The molecule has 0 aromatic carbocycles. The summed E-state index contributed by atoms with van der Waals surface area (Å²) in [5.41, 5.74) is 0.309. The molecule has 0 aromatic rings. The molecule has 2 amide bonds. The number of likely N-dealkylation sites (tertiary alicyclic amines) is 1. The first-order valence-corrected chi connectivity index (χ1v) is 10.6. The van der Waals surface area contributed by atoms with Gasteiger partial charge >= 0.3 is 0 Å². The molecule has 140 valence electrons. The maximum absolute atomic E-state index is 12.7. The Bertz CT molecular complexity index is 505. The van der Waals surface area contributed by atoms with Gasteiger partial charge in [0.05, 0.1) is 0 Å². The van der Waals surface area contributed by atoms with E-state index in [2.05, 4.69) is 5.32 Å². The SMILES string of the molecule is CC(Cl)C(=O)N1CCC(NC(=O)CC23CC4CC(CC(C4)C2)C3)CC1. The number of carbonyl (C=O) groups excluding carboxylic acids is 2. The standard InChI is InChI=1S/C20H31ClN2O2/c1-13(21)19(25)23-4-2-17(3-5-23)22-18(24)12-20-9-14-6-15(10-20)8-16(7-14)11-20/h13-17H,2-12H2,1H3,(H,22,24). The van der Waals surface area contributed by atoms with E-state index in [0.717, 1.165) is 37.0 Å². The second-order valence-electron chi connectivity index (χ2n) is 9.38. The average Bonchev–Trinajstić information content (AvgIpc) is 2.52. The minimum atomic E-state index is -0.456. The molecule has 4 bridgehead atoms. The first-order valence-electron chi connectivity index (χ1n) is 10.1. The van der Waals surface area contributed by atoms with Gasteiger partial charge in [0.2, 0.25) is 11.8 Å². The first-order chi connectivity index (χ1) is 11.9. The Morgan fingerprint density at radius 1 is 1.08 bits per heavy atom. The van der Waals surface area contributed by atoms with Gasteiger partial charge in [-0.2, -0.15) is 0 Å². The van der Waals surface area contributed by atoms with Crippen LogP contribution in [-0.2, 0) is 9.59 Å². The number of nitrogens with one attached hydrogen (secondary N) is 1. The monoisotopic (exact) mass is 366 g/mol. The molecule has 1 saturated heterocycles. The lowest BCUT2D eigenvalue weighted by Gasteiger charge is -2.56. The van der Waals surface area contributed by atoms with Crippen molar-refractivity contribution in [3.05, 3.63) is 0 Å². The van der Waals surface area contributed by atoms with Gasteiger partial charge in [0.1, 0.15) is 5.38 Å². The summed E-state index contributed by atoms with van der Waals surface area (Å²) in [7, 11) is 0. The quantitative estimate of drug-likeness (QED) is 0.776. The van der Waals surface area contributed by atoms with Gasteiger partial charge in [-0.15, -0.1) is 11.6 Å². The van der Waals surface area contributed by atoms with Gasteiger partial charge in [-0.3, -0.25) is 9.59 Å². The summed E-state index contributed by atoms with van der Waals surface area (Å²) in [4.78, 5) is 26.5. The molecule has 25 heavy (non-hydrogen) atoms. The Labute approximate surface area is 156 Å². The van der Waals surface area contributed by atoms with Crippen LogP contribution < -0.4 is 5.32 Å². The minimum absolute atomic E-state index is 0.0139. The van der Waals surface area contributed by atoms with Crippen molar-refractivity contribution in [2.45, 2.75) is 76.1 Å². The van der Waals surface area contributed by atoms with Gasteiger partial charge in [0, 0.05) is 25.6 Å². The predicted octanol–water partition coefficient (Wildman–Crippen LogP) is 3.33. The van der Waals surface area contributed by atoms with Gasteiger partial charge in [0.25, 0.3) is 0 Å². The van der Waals surface area contributed by atoms with Crippen LogP contribution in [0, 0.1) is 23.2 Å². The number of halogens is 1. The third-order valence-corrected chi connectivity index (χ3v) is 7.40. The highest BCUT2D eigenvalue weighted by Crippen LogP contribution is 2.61. The molecule has 1 unspecified atom stereocenters. The third kappa shape index (κ3) is 3.70. The van der Waals surface area contributed by atoms with Crippen molar-refractivity contribution in [3.8, 4) is 0 Å². The molecule has 4 aliphatic carbocycles. The summed E-state index contributed by atoms with van der Waals surface area (Å²) >= 11 is 5.89. The summed E-state index contributed by atoms with van der Waals surface area (Å²) in [5.74, 6) is 2.94. The fraction of sp³-hybridized carbons (Fsp3) is 0.900. The van der Waals surface area contributed by atoms with Crippen molar-refractivity contribution in [2.75, 3.05) is 13.1 Å². The number of hydrogen-bond donors (Lipinski definition) is 1. The summed E-state index contributed by atoms with van der Waals surface area (Å²) in [5, 5.41) is 2.82. The number of alkyl halides is 1. The first kappa shape index (κ1) is 17.6.